The van der Waals surface area contributed by atoms with Crippen LogP contribution < -0.4 is 0 Å². The zero-order chi connectivity index (χ0) is 21.0. The SMILES string of the molecule is Cc1ccc(C)c(CC2(O)CCC(OCc3ccc(F)cc3)CC2CN(C)C)c1. The lowest BCUT2D eigenvalue weighted by atomic mass is 9.70. The summed E-state index contributed by atoms with van der Waals surface area (Å²) in [6.07, 6.45) is 3.20. The summed E-state index contributed by atoms with van der Waals surface area (Å²) in [7, 11) is 4.11. The second-order valence-electron chi connectivity index (χ2n) is 9.00. The first-order valence-corrected chi connectivity index (χ1v) is 10.5. The van der Waals surface area contributed by atoms with Crippen LogP contribution >= 0.6 is 0 Å². The molecule has 0 spiro atoms. The molecule has 0 aliphatic heterocycles. The molecule has 0 saturated heterocycles. The van der Waals surface area contributed by atoms with Gasteiger partial charge in [-0.2, -0.15) is 0 Å². The number of nitrogens with zero attached hydrogens (tertiary/aromatic N) is 1. The molecule has 2 aromatic rings. The molecular formula is C25H34FNO2. The van der Waals surface area contributed by atoms with Gasteiger partial charge in [-0.3, -0.25) is 0 Å². The monoisotopic (exact) mass is 399 g/mol. The molecule has 158 valence electrons. The lowest BCUT2D eigenvalue weighted by molar-refractivity contribution is -0.105. The van der Waals surface area contributed by atoms with Crippen LogP contribution in [0.25, 0.3) is 0 Å². The fraction of sp³-hybridized carbons (Fsp3) is 0.520. The van der Waals surface area contributed by atoms with E-state index in [1.54, 1.807) is 12.1 Å². The minimum Gasteiger partial charge on any atom is -0.389 e. The summed E-state index contributed by atoms with van der Waals surface area (Å²) in [5.41, 5.74) is 3.96. The molecule has 1 saturated carbocycles. The molecule has 1 N–H and O–H groups in total. The Labute approximate surface area is 174 Å². The average Bonchev–Trinajstić information content (AvgIpc) is 2.66. The van der Waals surface area contributed by atoms with Gasteiger partial charge in [-0.25, -0.2) is 4.39 Å². The second-order valence-corrected chi connectivity index (χ2v) is 9.00. The Morgan fingerprint density at radius 3 is 2.55 bits per heavy atom. The first kappa shape index (κ1) is 21.9. The molecule has 4 heteroatoms. The quantitative estimate of drug-likeness (QED) is 0.735. The van der Waals surface area contributed by atoms with Gasteiger partial charge in [0.15, 0.2) is 0 Å². The molecule has 0 radical (unpaired) electrons. The highest BCUT2D eigenvalue weighted by molar-refractivity contribution is 5.32. The van der Waals surface area contributed by atoms with Crippen LogP contribution in [0.3, 0.4) is 0 Å². The minimum atomic E-state index is -0.724. The first-order chi connectivity index (χ1) is 13.7. The molecule has 0 bridgehead atoms. The lowest BCUT2D eigenvalue weighted by Crippen LogP contribution is -2.50. The van der Waals surface area contributed by atoms with Gasteiger partial charge >= 0.3 is 0 Å². The normalized spacial score (nSPS) is 24.8. The molecule has 3 nitrogen and oxygen atoms in total. The van der Waals surface area contributed by atoms with E-state index in [4.69, 9.17) is 4.74 Å². The number of aliphatic hydroxyl groups is 1. The smallest absolute Gasteiger partial charge is 0.123 e. The number of hydrogen-bond acceptors (Lipinski definition) is 3. The van der Waals surface area contributed by atoms with Crippen molar-refractivity contribution in [3.05, 3.63) is 70.5 Å². The van der Waals surface area contributed by atoms with E-state index in [1.165, 1.54) is 28.8 Å². The van der Waals surface area contributed by atoms with Crippen molar-refractivity contribution in [2.45, 2.75) is 57.8 Å². The molecule has 3 atom stereocenters. The fourth-order valence-electron chi connectivity index (χ4n) is 4.45. The summed E-state index contributed by atoms with van der Waals surface area (Å²) in [5, 5.41) is 11.7. The maximum absolute atomic E-state index is 13.1. The number of rotatable bonds is 7. The van der Waals surface area contributed by atoms with Crippen molar-refractivity contribution in [3.8, 4) is 0 Å². The summed E-state index contributed by atoms with van der Waals surface area (Å²) in [6.45, 7) is 5.54. The standard InChI is InChI=1S/C25H34FNO2/c1-18-5-6-19(2)21(13-18)15-25(28)12-11-24(14-22(25)16-27(3)4)29-17-20-7-9-23(26)10-8-20/h5-10,13,22,24,28H,11-12,14-17H2,1-4H3. The van der Waals surface area contributed by atoms with E-state index in [9.17, 15) is 9.50 Å². The van der Waals surface area contributed by atoms with Gasteiger partial charge in [0.1, 0.15) is 5.82 Å². The van der Waals surface area contributed by atoms with Gasteiger partial charge in [0.25, 0.3) is 0 Å². The highest BCUT2D eigenvalue weighted by Gasteiger charge is 2.42. The average molecular weight is 400 g/mol. The number of hydrogen-bond donors (Lipinski definition) is 1. The zero-order valence-electron chi connectivity index (χ0n) is 18.1. The van der Waals surface area contributed by atoms with Crippen LogP contribution in [0, 0.1) is 25.6 Å². The summed E-state index contributed by atoms with van der Waals surface area (Å²) >= 11 is 0. The fourth-order valence-corrected chi connectivity index (χ4v) is 4.45. The van der Waals surface area contributed by atoms with Crippen LogP contribution in [0.4, 0.5) is 4.39 Å². The summed E-state index contributed by atoms with van der Waals surface area (Å²) in [4.78, 5) is 2.15. The number of benzene rings is 2. The third-order valence-corrected chi connectivity index (χ3v) is 6.19. The predicted molar refractivity (Wildman–Crippen MR) is 115 cm³/mol. The number of ether oxygens (including phenoxy) is 1. The van der Waals surface area contributed by atoms with E-state index in [-0.39, 0.29) is 17.8 Å². The minimum absolute atomic E-state index is 0.115. The topological polar surface area (TPSA) is 32.7 Å². The van der Waals surface area contributed by atoms with E-state index in [0.29, 0.717) is 13.0 Å². The van der Waals surface area contributed by atoms with Gasteiger partial charge < -0.3 is 14.7 Å². The second kappa shape index (κ2) is 9.38. The van der Waals surface area contributed by atoms with E-state index in [0.717, 1.165) is 31.4 Å². The molecule has 0 amide bonds. The van der Waals surface area contributed by atoms with Crippen LogP contribution in [-0.2, 0) is 17.8 Å². The van der Waals surface area contributed by atoms with Crippen molar-refractivity contribution < 1.29 is 14.2 Å². The Bertz CT molecular complexity index is 805. The van der Waals surface area contributed by atoms with Gasteiger partial charge in [0, 0.05) is 18.9 Å². The maximum atomic E-state index is 13.1. The molecular weight excluding hydrogens is 365 g/mol. The summed E-state index contributed by atoms with van der Waals surface area (Å²) in [6, 6.07) is 13.0. The number of aryl methyl sites for hydroxylation is 2. The van der Waals surface area contributed by atoms with Gasteiger partial charge in [-0.05, 0) is 76.0 Å². The molecule has 2 aromatic carbocycles. The zero-order valence-corrected chi connectivity index (χ0v) is 18.1. The Kier molecular flexibility index (Phi) is 7.10. The van der Waals surface area contributed by atoms with Crippen LogP contribution in [0.2, 0.25) is 0 Å². The first-order valence-electron chi connectivity index (χ1n) is 10.5. The third kappa shape index (κ3) is 5.88. The van der Waals surface area contributed by atoms with Crippen LogP contribution in [0.1, 0.15) is 41.5 Å². The van der Waals surface area contributed by atoms with Crippen molar-refractivity contribution in [2.24, 2.45) is 5.92 Å². The molecule has 0 aromatic heterocycles. The van der Waals surface area contributed by atoms with Gasteiger partial charge in [-0.15, -0.1) is 0 Å². The van der Waals surface area contributed by atoms with Crippen molar-refractivity contribution in [2.75, 3.05) is 20.6 Å². The molecule has 0 heterocycles. The van der Waals surface area contributed by atoms with E-state index >= 15 is 0 Å². The largest absolute Gasteiger partial charge is 0.389 e. The Morgan fingerprint density at radius 2 is 1.86 bits per heavy atom. The highest BCUT2D eigenvalue weighted by Crippen LogP contribution is 2.39. The Balaban J connectivity index is 1.69. The Hall–Kier alpha value is -1.75. The molecule has 29 heavy (non-hydrogen) atoms. The summed E-state index contributed by atoms with van der Waals surface area (Å²) < 4.78 is 19.3. The van der Waals surface area contributed by atoms with Crippen LogP contribution in [-0.4, -0.2) is 42.4 Å². The van der Waals surface area contributed by atoms with Crippen LogP contribution in [0.5, 0.6) is 0 Å². The molecule has 1 aliphatic rings. The number of halogens is 1. The molecule has 3 unspecified atom stereocenters. The van der Waals surface area contributed by atoms with Crippen molar-refractivity contribution in [3.63, 3.8) is 0 Å². The van der Waals surface area contributed by atoms with Gasteiger partial charge in [0.2, 0.25) is 0 Å². The van der Waals surface area contributed by atoms with Crippen molar-refractivity contribution in [1.29, 1.82) is 0 Å². The molecule has 1 aliphatic carbocycles. The van der Waals surface area contributed by atoms with Crippen LogP contribution in [0.15, 0.2) is 42.5 Å². The third-order valence-electron chi connectivity index (χ3n) is 6.19. The molecule has 1 fully saturated rings. The van der Waals surface area contributed by atoms with E-state index in [2.05, 4.69) is 51.0 Å². The Morgan fingerprint density at radius 1 is 1.14 bits per heavy atom. The van der Waals surface area contributed by atoms with Gasteiger partial charge in [-0.1, -0.05) is 35.9 Å². The highest BCUT2D eigenvalue weighted by atomic mass is 19.1. The maximum Gasteiger partial charge on any atom is 0.123 e. The lowest BCUT2D eigenvalue weighted by Gasteiger charge is -2.44. The summed E-state index contributed by atoms with van der Waals surface area (Å²) in [5.74, 6) is -0.0849. The predicted octanol–water partition coefficient (Wildman–Crippen LogP) is 4.66. The van der Waals surface area contributed by atoms with Crippen molar-refractivity contribution in [1.82, 2.24) is 4.90 Å². The molecule has 3 rings (SSSR count). The van der Waals surface area contributed by atoms with E-state index in [1.807, 2.05) is 0 Å². The van der Waals surface area contributed by atoms with Crippen molar-refractivity contribution >= 4 is 0 Å². The van der Waals surface area contributed by atoms with E-state index < -0.39 is 5.60 Å². The van der Waals surface area contributed by atoms with Gasteiger partial charge in [0.05, 0.1) is 18.3 Å².